The molecule has 4 heteroatoms. The van der Waals surface area contributed by atoms with Gasteiger partial charge in [-0.15, -0.1) is 6.42 Å². The Bertz CT molecular complexity index is 414. The molecule has 1 aliphatic carbocycles. The van der Waals surface area contributed by atoms with Crippen molar-refractivity contribution < 1.29 is 9.59 Å². The fourth-order valence-electron chi connectivity index (χ4n) is 2.86. The lowest BCUT2D eigenvalue weighted by Crippen LogP contribution is -2.70. The van der Waals surface area contributed by atoms with E-state index in [9.17, 15) is 9.59 Å². The van der Waals surface area contributed by atoms with Gasteiger partial charge in [0.2, 0.25) is 11.8 Å². The Morgan fingerprint density at radius 3 is 2.44 bits per heavy atom. The van der Waals surface area contributed by atoms with Gasteiger partial charge in [0.25, 0.3) is 0 Å². The van der Waals surface area contributed by atoms with Gasteiger partial charge in [-0.05, 0) is 26.7 Å². The lowest BCUT2D eigenvalue weighted by atomic mass is 9.78. The molecule has 0 unspecified atom stereocenters. The molecule has 0 atom stereocenters. The molecule has 1 heterocycles. The molecule has 1 saturated carbocycles. The third-order valence-corrected chi connectivity index (χ3v) is 4.07. The van der Waals surface area contributed by atoms with Crippen molar-refractivity contribution in [3.05, 3.63) is 0 Å². The molecule has 0 aromatic heterocycles. The molecule has 2 amide bonds. The van der Waals surface area contributed by atoms with E-state index in [0.717, 1.165) is 32.1 Å². The maximum atomic E-state index is 12.7. The van der Waals surface area contributed by atoms with Crippen molar-refractivity contribution in [3.63, 3.8) is 0 Å². The van der Waals surface area contributed by atoms with Crippen LogP contribution in [0.3, 0.4) is 0 Å². The second-order valence-electron chi connectivity index (χ2n) is 5.79. The summed E-state index contributed by atoms with van der Waals surface area (Å²) in [4.78, 5) is 26.1. The number of amides is 2. The third-order valence-electron chi connectivity index (χ3n) is 4.07. The van der Waals surface area contributed by atoms with Crippen LogP contribution in [0.15, 0.2) is 0 Å². The van der Waals surface area contributed by atoms with Crippen LogP contribution in [0.4, 0.5) is 0 Å². The molecule has 2 fully saturated rings. The summed E-state index contributed by atoms with van der Waals surface area (Å²) in [6, 6.07) is 0. The van der Waals surface area contributed by atoms with Crippen LogP contribution < -0.4 is 5.32 Å². The molecule has 0 bridgehead atoms. The van der Waals surface area contributed by atoms with Crippen LogP contribution in [-0.4, -0.2) is 34.3 Å². The number of nitrogens with one attached hydrogen (secondary N) is 1. The topological polar surface area (TPSA) is 49.4 Å². The minimum Gasteiger partial charge on any atom is -0.340 e. The first-order chi connectivity index (χ1) is 8.41. The zero-order valence-corrected chi connectivity index (χ0v) is 11.1. The summed E-state index contributed by atoms with van der Waals surface area (Å²) in [6.07, 6.45) is 10.0. The molecular formula is C14H20N2O2. The van der Waals surface area contributed by atoms with Gasteiger partial charge in [0.05, 0.1) is 5.54 Å². The third kappa shape index (κ3) is 1.98. The molecule has 1 N–H and O–H groups in total. The molecule has 2 rings (SSSR count). The standard InChI is InChI=1S/C14H20N2O2/c1-4-13(2,3)16-10-11(17)15-14(12(16)18)8-6-5-7-9-14/h1H,5-10H2,2-3H3,(H,15,17). The summed E-state index contributed by atoms with van der Waals surface area (Å²) in [5.41, 5.74) is -1.40. The van der Waals surface area contributed by atoms with Crippen LogP contribution in [0.5, 0.6) is 0 Å². The monoisotopic (exact) mass is 248 g/mol. The molecule has 2 aliphatic rings. The zero-order chi connectivity index (χ0) is 13.4. The maximum absolute atomic E-state index is 12.7. The molecule has 1 spiro atoms. The van der Waals surface area contributed by atoms with Gasteiger partial charge in [-0.3, -0.25) is 9.59 Å². The Balaban J connectivity index is 2.32. The average molecular weight is 248 g/mol. The fraction of sp³-hybridized carbons (Fsp3) is 0.714. The number of nitrogens with zero attached hydrogens (tertiary/aromatic N) is 1. The molecule has 18 heavy (non-hydrogen) atoms. The molecule has 98 valence electrons. The summed E-state index contributed by atoms with van der Waals surface area (Å²) in [6.45, 7) is 3.68. The van der Waals surface area contributed by atoms with E-state index in [2.05, 4.69) is 11.2 Å². The van der Waals surface area contributed by atoms with E-state index in [1.165, 1.54) is 0 Å². The van der Waals surface area contributed by atoms with Gasteiger partial charge in [-0.25, -0.2) is 0 Å². The molecule has 0 aromatic carbocycles. The highest BCUT2D eigenvalue weighted by molar-refractivity contribution is 5.98. The highest BCUT2D eigenvalue weighted by Gasteiger charge is 2.50. The van der Waals surface area contributed by atoms with E-state index in [1.54, 1.807) is 18.7 Å². The largest absolute Gasteiger partial charge is 0.340 e. The number of carbonyl (C=O) groups excluding carboxylic acids is 2. The van der Waals surface area contributed by atoms with Crippen molar-refractivity contribution in [1.82, 2.24) is 10.2 Å². The van der Waals surface area contributed by atoms with Gasteiger partial charge in [-0.1, -0.05) is 25.2 Å². The first-order valence-electron chi connectivity index (χ1n) is 6.52. The average Bonchev–Trinajstić information content (AvgIpc) is 2.35. The van der Waals surface area contributed by atoms with Gasteiger partial charge < -0.3 is 10.2 Å². The predicted octanol–water partition coefficient (Wildman–Crippen LogP) is 1.06. The van der Waals surface area contributed by atoms with Gasteiger partial charge >= 0.3 is 0 Å². The van der Waals surface area contributed by atoms with Crippen LogP contribution in [0, 0.1) is 12.3 Å². The SMILES string of the molecule is C#CC(C)(C)N1CC(=O)NC2(CCCCC2)C1=O. The van der Waals surface area contributed by atoms with Crippen LogP contribution in [0.1, 0.15) is 46.0 Å². The highest BCUT2D eigenvalue weighted by atomic mass is 16.2. The Morgan fingerprint density at radius 2 is 1.89 bits per heavy atom. The van der Waals surface area contributed by atoms with E-state index < -0.39 is 11.1 Å². The van der Waals surface area contributed by atoms with Gasteiger partial charge in [0.15, 0.2) is 0 Å². The summed E-state index contributed by atoms with van der Waals surface area (Å²) < 4.78 is 0. The number of terminal acetylenes is 1. The normalized spacial score (nSPS) is 23.7. The van der Waals surface area contributed by atoms with Crippen LogP contribution in [0.25, 0.3) is 0 Å². The van der Waals surface area contributed by atoms with E-state index in [-0.39, 0.29) is 18.4 Å². The quantitative estimate of drug-likeness (QED) is 0.705. The van der Waals surface area contributed by atoms with E-state index in [0.29, 0.717) is 0 Å². The first kappa shape index (κ1) is 12.9. The number of piperazine rings is 1. The Labute approximate surface area is 108 Å². The summed E-state index contributed by atoms with van der Waals surface area (Å²) in [5.74, 6) is 2.50. The number of carbonyl (C=O) groups is 2. The predicted molar refractivity (Wildman–Crippen MR) is 68.6 cm³/mol. The molecular weight excluding hydrogens is 228 g/mol. The second-order valence-corrected chi connectivity index (χ2v) is 5.79. The number of hydrogen-bond donors (Lipinski definition) is 1. The lowest BCUT2D eigenvalue weighted by Gasteiger charge is -2.48. The van der Waals surface area contributed by atoms with Crippen molar-refractivity contribution in [2.24, 2.45) is 0 Å². The van der Waals surface area contributed by atoms with Gasteiger partial charge in [-0.2, -0.15) is 0 Å². The Hall–Kier alpha value is -1.50. The minimum absolute atomic E-state index is 0.00949. The van der Waals surface area contributed by atoms with Crippen molar-refractivity contribution >= 4 is 11.8 Å². The summed E-state index contributed by atoms with van der Waals surface area (Å²) in [5, 5.41) is 2.91. The molecule has 1 aliphatic heterocycles. The highest BCUT2D eigenvalue weighted by Crippen LogP contribution is 2.34. The van der Waals surface area contributed by atoms with Crippen LogP contribution in [0.2, 0.25) is 0 Å². The molecule has 4 nitrogen and oxygen atoms in total. The Kier molecular flexibility index (Phi) is 3.10. The number of hydrogen-bond acceptors (Lipinski definition) is 2. The van der Waals surface area contributed by atoms with Gasteiger partial charge in [0.1, 0.15) is 12.1 Å². The van der Waals surface area contributed by atoms with E-state index in [1.807, 2.05) is 0 Å². The minimum atomic E-state index is -0.709. The zero-order valence-electron chi connectivity index (χ0n) is 11.1. The van der Waals surface area contributed by atoms with Crippen LogP contribution in [-0.2, 0) is 9.59 Å². The first-order valence-corrected chi connectivity index (χ1v) is 6.52. The molecule has 0 radical (unpaired) electrons. The molecule has 0 aromatic rings. The number of rotatable bonds is 1. The smallest absolute Gasteiger partial charge is 0.249 e. The fourth-order valence-corrected chi connectivity index (χ4v) is 2.86. The van der Waals surface area contributed by atoms with Crippen LogP contribution >= 0.6 is 0 Å². The van der Waals surface area contributed by atoms with E-state index >= 15 is 0 Å². The second kappa shape index (κ2) is 4.31. The van der Waals surface area contributed by atoms with E-state index in [4.69, 9.17) is 6.42 Å². The van der Waals surface area contributed by atoms with Crippen molar-refractivity contribution in [2.45, 2.75) is 57.0 Å². The van der Waals surface area contributed by atoms with Gasteiger partial charge in [0, 0.05) is 0 Å². The van der Waals surface area contributed by atoms with Crippen molar-refractivity contribution in [3.8, 4) is 12.3 Å². The van der Waals surface area contributed by atoms with Crippen molar-refractivity contribution in [1.29, 1.82) is 0 Å². The maximum Gasteiger partial charge on any atom is 0.249 e. The molecule has 1 saturated heterocycles. The summed E-state index contributed by atoms with van der Waals surface area (Å²) in [7, 11) is 0. The van der Waals surface area contributed by atoms with Crippen molar-refractivity contribution in [2.75, 3.05) is 6.54 Å². The summed E-state index contributed by atoms with van der Waals surface area (Å²) >= 11 is 0. The lowest BCUT2D eigenvalue weighted by molar-refractivity contribution is -0.155. The Morgan fingerprint density at radius 1 is 1.28 bits per heavy atom.